The monoisotopic (exact) mass is 687 g/mol. The van der Waals surface area contributed by atoms with Gasteiger partial charge in [0.25, 0.3) is 0 Å². The number of furan rings is 1. The maximum absolute atomic E-state index is 6.75. The Balaban J connectivity index is 1.08. The standard InChI is InChI=1S/C52H33NO/c1-2-10-34(11-3-1)45-17-9-19-49-48-31-29-41(33-51(48)54-52(45)49)53(40-28-24-38-21-20-35-12-5-7-15-44(35)50(38)32-40)39-26-22-37(23-27-39)43-16-8-18-46-42-14-6-4-13-36(42)25-30-47(43)46/h1-33H. The Bertz CT molecular complexity index is 3210. The van der Waals surface area contributed by atoms with E-state index in [2.05, 4.69) is 205 Å². The predicted octanol–water partition coefficient (Wildman–Crippen LogP) is 15.0. The zero-order valence-electron chi connectivity index (χ0n) is 29.4. The van der Waals surface area contributed by atoms with E-state index in [0.29, 0.717) is 0 Å². The molecule has 0 bridgehead atoms. The molecule has 54 heavy (non-hydrogen) atoms. The van der Waals surface area contributed by atoms with Gasteiger partial charge in [-0.1, -0.05) is 158 Å². The summed E-state index contributed by atoms with van der Waals surface area (Å²) in [6.07, 6.45) is 0. The normalized spacial score (nSPS) is 11.7. The zero-order valence-corrected chi connectivity index (χ0v) is 29.4. The highest BCUT2D eigenvalue weighted by Crippen LogP contribution is 2.43. The first-order valence-electron chi connectivity index (χ1n) is 18.5. The van der Waals surface area contributed by atoms with Crippen LogP contribution in [0, 0.1) is 0 Å². The van der Waals surface area contributed by atoms with Gasteiger partial charge < -0.3 is 9.32 Å². The Morgan fingerprint density at radius 3 is 1.63 bits per heavy atom. The van der Waals surface area contributed by atoms with Gasteiger partial charge in [-0.15, -0.1) is 0 Å². The number of rotatable bonds is 5. The summed E-state index contributed by atoms with van der Waals surface area (Å²) in [7, 11) is 0. The van der Waals surface area contributed by atoms with Gasteiger partial charge in [-0.2, -0.15) is 0 Å². The summed E-state index contributed by atoms with van der Waals surface area (Å²) in [5, 5.41) is 12.2. The van der Waals surface area contributed by atoms with Crippen LogP contribution in [0.15, 0.2) is 205 Å². The van der Waals surface area contributed by atoms with E-state index in [1.165, 1.54) is 54.2 Å². The summed E-state index contributed by atoms with van der Waals surface area (Å²) in [6, 6.07) is 72.2. The minimum absolute atomic E-state index is 0.863. The van der Waals surface area contributed by atoms with E-state index in [1.54, 1.807) is 0 Å². The second kappa shape index (κ2) is 12.2. The molecule has 0 unspecified atom stereocenters. The van der Waals surface area contributed by atoms with Crippen LogP contribution in [0.25, 0.3) is 87.3 Å². The summed E-state index contributed by atoms with van der Waals surface area (Å²) in [4.78, 5) is 2.35. The van der Waals surface area contributed by atoms with Crippen LogP contribution in [-0.2, 0) is 0 Å². The van der Waals surface area contributed by atoms with Crippen LogP contribution in [0.4, 0.5) is 17.1 Å². The van der Waals surface area contributed by atoms with Gasteiger partial charge in [0.15, 0.2) is 0 Å². The van der Waals surface area contributed by atoms with Crippen molar-refractivity contribution < 1.29 is 4.42 Å². The molecule has 0 saturated carbocycles. The molecule has 0 fully saturated rings. The van der Waals surface area contributed by atoms with Crippen LogP contribution in [0.2, 0.25) is 0 Å². The molecule has 0 amide bonds. The lowest BCUT2D eigenvalue weighted by Gasteiger charge is -2.26. The smallest absolute Gasteiger partial charge is 0.143 e. The zero-order chi connectivity index (χ0) is 35.6. The third-order valence-electron chi connectivity index (χ3n) is 11.0. The highest BCUT2D eigenvalue weighted by molar-refractivity contribution is 6.13. The molecule has 0 spiro atoms. The van der Waals surface area contributed by atoms with Crippen molar-refractivity contribution in [1.82, 2.24) is 0 Å². The summed E-state index contributed by atoms with van der Waals surface area (Å²) in [5.74, 6) is 0. The summed E-state index contributed by atoms with van der Waals surface area (Å²) >= 11 is 0. The first-order valence-corrected chi connectivity index (χ1v) is 18.5. The summed E-state index contributed by atoms with van der Waals surface area (Å²) in [5.41, 5.74) is 9.62. The SMILES string of the molecule is c1ccc(-c2cccc3c2oc2cc(N(c4ccc(-c5cccc6c5ccc5ccccc56)cc4)c4ccc5ccc6ccccc6c5c4)ccc23)cc1. The molecule has 0 aliphatic heterocycles. The minimum atomic E-state index is 0.863. The molecular formula is C52H33NO. The molecule has 0 saturated heterocycles. The van der Waals surface area contributed by atoms with E-state index in [-0.39, 0.29) is 0 Å². The summed E-state index contributed by atoms with van der Waals surface area (Å²) < 4.78 is 6.75. The second-order valence-electron chi connectivity index (χ2n) is 14.1. The van der Waals surface area contributed by atoms with Crippen LogP contribution in [0.3, 0.4) is 0 Å². The number of hydrogen-bond donors (Lipinski definition) is 0. The Kier molecular flexibility index (Phi) is 6.90. The van der Waals surface area contributed by atoms with Gasteiger partial charge in [0, 0.05) is 39.5 Å². The molecule has 0 radical (unpaired) electrons. The molecule has 1 heterocycles. The molecule has 0 aliphatic rings. The van der Waals surface area contributed by atoms with Gasteiger partial charge in [0.1, 0.15) is 11.2 Å². The molecule has 0 N–H and O–H groups in total. The van der Waals surface area contributed by atoms with E-state index < -0.39 is 0 Å². The maximum atomic E-state index is 6.75. The van der Waals surface area contributed by atoms with E-state index in [1.807, 2.05) is 0 Å². The van der Waals surface area contributed by atoms with Gasteiger partial charge in [0.2, 0.25) is 0 Å². The minimum Gasteiger partial charge on any atom is -0.455 e. The van der Waals surface area contributed by atoms with E-state index in [9.17, 15) is 0 Å². The van der Waals surface area contributed by atoms with Crippen LogP contribution in [0.5, 0.6) is 0 Å². The number of hydrogen-bond acceptors (Lipinski definition) is 2. The highest BCUT2D eigenvalue weighted by Gasteiger charge is 2.18. The Morgan fingerprint density at radius 2 is 0.833 bits per heavy atom. The molecule has 2 heteroatoms. The van der Waals surface area contributed by atoms with Crippen molar-refractivity contribution >= 4 is 82.1 Å². The lowest BCUT2D eigenvalue weighted by atomic mass is 9.94. The molecule has 10 aromatic carbocycles. The summed E-state index contributed by atoms with van der Waals surface area (Å²) in [6.45, 7) is 0. The van der Waals surface area contributed by atoms with Crippen molar-refractivity contribution in [2.75, 3.05) is 4.90 Å². The van der Waals surface area contributed by atoms with E-state index in [4.69, 9.17) is 4.42 Å². The molecule has 1 aromatic heterocycles. The van der Waals surface area contributed by atoms with Crippen LogP contribution in [-0.4, -0.2) is 0 Å². The van der Waals surface area contributed by atoms with Crippen molar-refractivity contribution in [3.05, 3.63) is 200 Å². The third kappa shape index (κ3) is 4.88. The molecular weight excluding hydrogens is 655 g/mol. The molecule has 2 nitrogen and oxygen atoms in total. The van der Waals surface area contributed by atoms with Gasteiger partial charge >= 0.3 is 0 Å². The fourth-order valence-electron chi connectivity index (χ4n) is 8.43. The molecule has 0 aliphatic carbocycles. The van der Waals surface area contributed by atoms with Crippen molar-refractivity contribution in [1.29, 1.82) is 0 Å². The highest BCUT2D eigenvalue weighted by atomic mass is 16.3. The second-order valence-corrected chi connectivity index (χ2v) is 14.1. The fourth-order valence-corrected chi connectivity index (χ4v) is 8.43. The van der Waals surface area contributed by atoms with Crippen molar-refractivity contribution in [3.63, 3.8) is 0 Å². The lowest BCUT2D eigenvalue weighted by Crippen LogP contribution is -2.09. The maximum Gasteiger partial charge on any atom is 0.143 e. The van der Waals surface area contributed by atoms with Gasteiger partial charge in [-0.25, -0.2) is 0 Å². The Labute approximate surface area is 312 Å². The number of anilines is 3. The number of nitrogens with zero attached hydrogens (tertiary/aromatic N) is 1. The van der Waals surface area contributed by atoms with Crippen molar-refractivity contribution in [2.45, 2.75) is 0 Å². The Hall–Kier alpha value is -7.16. The van der Waals surface area contributed by atoms with Crippen molar-refractivity contribution in [3.8, 4) is 22.3 Å². The van der Waals surface area contributed by atoms with Crippen molar-refractivity contribution in [2.24, 2.45) is 0 Å². The number of para-hydroxylation sites is 1. The molecule has 11 rings (SSSR count). The Morgan fingerprint density at radius 1 is 0.296 bits per heavy atom. The average Bonchev–Trinajstić information content (AvgIpc) is 3.62. The van der Waals surface area contributed by atoms with E-state index in [0.717, 1.165) is 50.1 Å². The average molecular weight is 688 g/mol. The van der Waals surface area contributed by atoms with E-state index >= 15 is 0 Å². The largest absolute Gasteiger partial charge is 0.455 e. The quantitative estimate of drug-likeness (QED) is 0.168. The van der Waals surface area contributed by atoms with Gasteiger partial charge in [-0.3, -0.25) is 0 Å². The third-order valence-corrected chi connectivity index (χ3v) is 11.0. The molecule has 11 aromatic rings. The first-order chi connectivity index (χ1) is 26.8. The predicted molar refractivity (Wildman–Crippen MR) is 229 cm³/mol. The topological polar surface area (TPSA) is 16.4 Å². The number of fused-ring (bicyclic) bond motifs is 9. The van der Waals surface area contributed by atoms with Crippen LogP contribution >= 0.6 is 0 Å². The van der Waals surface area contributed by atoms with Gasteiger partial charge in [-0.05, 0) is 96.2 Å². The number of benzene rings is 10. The fraction of sp³-hybridized carbons (Fsp3) is 0. The van der Waals surface area contributed by atoms with Gasteiger partial charge in [0.05, 0.1) is 0 Å². The van der Waals surface area contributed by atoms with Crippen LogP contribution < -0.4 is 4.90 Å². The van der Waals surface area contributed by atoms with Crippen LogP contribution in [0.1, 0.15) is 0 Å². The molecule has 0 atom stereocenters. The molecule has 252 valence electrons. The first kappa shape index (κ1) is 30.5. The lowest BCUT2D eigenvalue weighted by molar-refractivity contribution is 0.670.